The van der Waals surface area contributed by atoms with Crippen LogP contribution in [0, 0.1) is 5.92 Å². The van der Waals surface area contributed by atoms with Gasteiger partial charge in [-0.3, -0.25) is 5.32 Å². The fourth-order valence-electron chi connectivity index (χ4n) is 2.99. The zero-order chi connectivity index (χ0) is 20.9. The highest BCUT2D eigenvalue weighted by Crippen LogP contribution is 2.29. The second kappa shape index (κ2) is 9.41. The maximum atomic E-state index is 12.0. The van der Waals surface area contributed by atoms with E-state index in [9.17, 15) is 4.79 Å². The number of nitrogens with one attached hydrogen (secondary N) is 2. The number of amides is 1. The van der Waals surface area contributed by atoms with Crippen LogP contribution in [0.1, 0.15) is 33.6 Å². The third-order valence-corrected chi connectivity index (χ3v) is 4.72. The number of carbonyl (C=O) groups excluding carboxylic acids is 1. The van der Waals surface area contributed by atoms with Crippen molar-refractivity contribution >= 4 is 29.3 Å². The van der Waals surface area contributed by atoms with E-state index in [1.165, 1.54) is 6.20 Å². The Labute approximate surface area is 176 Å². The zero-order valence-corrected chi connectivity index (χ0v) is 17.8. The van der Waals surface area contributed by atoms with Gasteiger partial charge in [0.05, 0.1) is 10.7 Å². The summed E-state index contributed by atoms with van der Waals surface area (Å²) >= 11 is 6.34. The second-order valence-corrected chi connectivity index (χ2v) is 8.43. The van der Waals surface area contributed by atoms with Crippen molar-refractivity contribution in [2.75, 3.05) is 30.4 Å². The molecule has 2 N–H and O–H groups in total. The lowest BCUT2D eigenvalue weighted by molar-refractivity contribution is 0.0635. The Kier molecular flexibility index (Phi) is 6.92. The smallest absolute Gasteiger partial charge is 0.413 e. The van der Waals surface area contributed by atoms with E-state index in [-0.39, 0.29) is 0 Å². The van der Waals surface area contributed by atoms with Crippen LogP contribution < -0.4 is 10.6 Å². The molecule has 3 rings (SSSR count). The molecule has 156 valence electrons. The molecular weight excluding hydrogens is 392 g/mol. The molecule has 0 aliphatic carbocycles. The van der Waals surface area contributed by atoms with Gasteiger partial charge in [0.1, 0.15) is 17.2 Å². The van der Waals surface area contributed by atoms with E-state index in [1.807, 2.05) is 18.2 Å². The SMILES string of the molecule is CC(C)(C)OC(=O)Nc1cc(-c2cccc(NCC3CCOCC3)n2)c(Cl)cn1. The van der Waals surface area contributed by atoms with E-state index in [2.05, 4.69) is 20.6 Å². The maximum Gasteiger partial charge on any atom is 0.413 e. The van der Waals surface area contributed by atoms with Crippen molar-refractivity contribution in [1.82, 2.24) is 9.97 Å². The molecule has 1 saturated heterocycles. The molecule has 3 heterocycles. The lowest BCUT2D eigenvalue weighted by atomic mass is 10.0. The molecule has 0 unspecified atom stereocenters. The van der Waals surface area contributed by atoms with Gasteiger partial charge >= 0.3 is 6.09 Å². The van der Waals surface area contributed by atoms with E-state index in [0.29, 0.717) is 28.0 Å². The summed E-state index contributed by atoms with van der Waals surface area (Å²) in [6, 6.07) is 7.42. The van der Waals surface area contributed by atoms with Crippen molar-refractivity contribution in [2.45, 2.75) is 39.2 Å². The highest BCUT2D eigenvalue weighted by atomic mass is 35.5. The normalized spacial score (nSPS) is 15.0. The number of ether oxygens (including phenoxy) is 2. The number of halogens is 1. The monoisotopic (exact) mass is 418 g/mol. The van der Waals surface area contributed by atoms with Gasteiger partial charge in [0.2, 0.25) is 0 Å². The van der Waals surface area contributed by atoms with Crippen molar-refractivity contribution in [3.05, 3.63) is 35.5 Å². The number of rotatable bonds is 5. The minimum Gasteiger partial charge on any atom is -0.444 e. The van der Waals surface area contributed by atoms with Crippen LogP contribution in [-0.2, 0) is 9.47 Å². The molecule has 0 radical (unpaired) electrons. The molecule has 0 spiro atoms. The van der Waals surface area contributed by atoms with Crippen LogP contribution in [0.4, 0.5) is 16.4 Å². The van der Waals surface area contributed by atoms with Crippen molar-refractivity contribution < 1.29 is 14.3 Å². The number of hydrogen-bond donors (Lipinski definition) is 2. The predicted octanol–water partition coefficient (Wildman–Crippen LogP) is 4.98. The van der Waals surface area contributed by atoms with Gasteiger partial charge in [-0.15, -0.1) is 0 Å². The number of hydrogen-bond acceptors (Lipinski definition) is 6. The van der Waals surface area contributed by atoms with Gasteiger partial charge in [-0.05, 0) is 57.7 Å². The summed E-state index contributed by atoms with van der Waals surface area (Å²) < 4.78 is 10.7. The quantitative estimate of drug-likeness (QED) is 0.712. The summed E-state index contributed by atoms with van der Waals surface area (Å²) in [7, 11) is 0. The minimum atomic E-state index is -0.592. The van der Waals surface area contributed by atoms with E-state index in [0.717, 1.165) is 38.4 Å². The molecule has 0 bridgehead atoms. The largest absolute Gasteiger partial charge is 0.444 e. The third kappa shape index (κ3) is 6.58. The molecule has 1 amide bonds. The molecule has 8 heteroatoms. The van der Waals surface area contributed by atoms with Gasteiger partial charge in [0, 0.05) is 31.5 Å². The van der Waals surface area contributed by atoms with E-state index in [1.54, 1.807) is 26.8 Å². The van der Waals surface area contributed by atoms with Crippen LogP contribution in [0.25, 0.3) is 11.3 Å². The first-order chi connectivity index (χ1) is 13.8. The first-order valence-electron chi connectivity index (χ1n) is 9.75. The van der Waals surface area contributed by atoms with Crippen LogP contribution in [0.5, 0.6) is 0 Å². The van der Waals surface area contributed by atoms with Gasteiger partial charge < -0.3 is 14.8 Å². The molecule has 2 aromatic heterocycles. The van der Waals surface area contributed by atoms with Crippen LogP contribution in [0.15, 0.2) is 30.5 Å². The highest BCUT2D eigenvalue weighted by Gasteiger charge is 2.18. The minimum absolute atomic E-state index is 0.348. The third-order valence-electron chi connectivity index (χ3n) is 4.42. The van der Waals surface area contributed by atoms with E-state index < -0.39 is 11.7 Å². The predicted molar refractivity (Wildman–Crippen MR) is 114 cm³/mol. The van der Waals surface area contributed by atoms with Crippen molar-refractivity contribution in [2.24, 2.45) is 5.92 Å². The Morgan fingerprint density at radius 1 is 1.28 bits per heavy atom. The molecule has 0 aromatic carbocycles. The van der Waals surface area contributed by atoms with Crippen molar-refractivity contribution in [3.63, 3.8) is 0 Å². The average Bonchev–Trinajstić information content (AvgIpc) is 2.67. The zero-order valence-electron chi connectivity index (χ0n) is 17.0. The lowest BCUT2D eigenvalue weighted by Gasteiger charge is -2.22. The molecule has 0 atom stereocenters. The van der Waals surface area contributed by atoms with Crippen LogP contribution in [-0.4, -0.2) is 41.4 Å². The summed E-state index contributed by atoms with van der Waals surface area (Å²) in [5.74, 6) is 1.72. The first-order valence-corrected chi connectivity index (χ1v) is 10.1. The maximum absolute atomic E-state index is 12.0. The van der Waals surface area contributed by atoms with Crippen LogP contribution in [0.2, 0.25) is 5.02 Å². The topological polar surface area (TPSA) is 85.4 Å². The summed E-state index contributed by atoms with van der Waals surface area (Å²) in [4.78, 5) is 20.8. The van der Waals surface area contributed by atoms with Crippen molar-refractivity contribution in [1.29, 1.82) is 0 Å². The summed E-state index contributed by atoms with van der Waals surface area (Å²) in [5.41, 5.74) is 0.787. The Morgan fingerprint density at radius 3 is 2.76 bits per heavy atom. The Hall–Kier alpha value is -2.38. The molecule has 1 fully saturated rings. The Morgan fingerprint density at radius 2 is 2.03 bits per heavy atom. The molecule has 29 heavy (non-hydrogen) atoms. The Balaban J connectivity index is 1.71. The number of nitrogens with zero attached hydrogens (tertiary/aromatic N) is 2. The lowest BCUT2D eigenvalue weighted by Crippen LogP contribution is -2.27. The van der Waals surface area contributed by atoms with E-state index in [4.69, 9.17) is 21.1 Å². The van der Waals surface area contributed by atoms with Crippen LogP contribution in [0.3, 0.4) is 0 Å². The highest BCUT2D eigenvalue weighted by molar-refractivity contribution is 6.33. The molecule has 7 nitrogen and oxygen atoms in total. The van der Waals surface area contributed by atoms with Gasteiger partial charge in [0.15, 0.2) is 0 Å². The Bertz CT molecular complexity index is 848. The van der Waals surface area contributed by atoms with E-state index >= 15 is 0 Å². The van der Waals surface area contributed by atoms with Gasteiger partial charge in [-0.25, -0.2) is 14.8 Å². The summed E-state index contributed by atoms with van der Waals surface area (Å²) in [6.45, 7) is 7.90. The number of aromatic nitrogens is 2. The molecule has 1 aliphatic heterocycles. The second-order valence-electron chi connectivity index (χ2n) is 8.02. The standard InChI is InChI=1S/C21H27ClN4O3/c1-21(2,3)29-20(27)26-19-11-15(16(22)13-24-19)17-5-4-6-18(25-17)23-12-14-7-9-28-10-8-14/h4-6,11,13-14H,7-10,12H2,1-3H3,(H,23,25)(H,24,26,27). The van der Waals surface area contributed by atoms with Gasteiger partial charge in [-0.2, -0.15) is 0 Å². The fraction of sp³-hybridized carbons (Fsp3) is 0.476. The van der Waals surface area contributed by atoms with Crippen LogP contribution >= 0.6 is 11.6 Å². The number of anilines is 2. The first kappa shape index (κ1) is 21.3. The van der Waals surface area contributed by atoms with Gasteiger partial charge in [-0.1, -0.05) is 17.7 Å². The average molecular weight is 419 g/mol. The van der Waals surface area contributed by atoms with Gasteiger partial charge in [0.25, 0.3) is 0 Å². The number of carbonyl (C=O) groups is 1. The number of pyridine rings is 2. The molecule has 2 aromatic rings. The molecule has 0 saturated carbocycles. The summed E-state index contributed by atoms with van der Waals surface area (Å²) in [6.07, 6.45) is 3.04. The fourth-order valence-corrected chi connectivity index (χ4v) is 3.19. The van der Waals surface area contributed by atoms with Crippen molar-refractivity contribution in [3.8, 4) is 11.3 Å². The molecule has 1 aliphatic rings. The summed E-state index contributed by atoms with van der Waals surface area (Å²) in [5, 5.41) is 6.49. The molecular formula is C21H27ClN4O3.